The van der Waals surface area contributed by atoms with Crippen LogP contribution in [0.3, 0.4) is 0 Å². The van der Waals surface area contributed by atoms with Crippen molar-refractivity contribution in [3.63, 3.8) is 0 Å². The van der Waals surface area contributed by atoms with Crippen LogP contribution in [-0.4, -0.2) is 70.2 Å². The Morgan fingerprint density at radius 3 is 1.89 bits per heavy atom. The standard InChI is InChI=1S/C14H22F3NO6S.C2H6O/c1-10(24-25(21,22)14(15,16)17)13(9-19)5-7-18(8-6-13)11(20)23-12(2,3)4;1-3-2/h9-10H,5-8H2,1-4H3;1-2H3. The zero-order chi connectivity index (χ0) is 22.4. The summed E-state index contributed by atoms with van der Waals surface area (Å²) >= 11 is 0. The maximum Gasteiger partial charge on any atom is 0.523 e. The van der Waals surface area contributed by atoms with E-state index < -0.39 is 38.8 Å². The minimum atomic E-state index is -5.81. The summed E-state index contributed by atoms with van der Waals surface area (Å²) in [7, 11) is -2.56. The number of carbonyl (C=O) groups is 2. The predicted octanol–water partition coefficient (Wildman–Crippen LogP) is 2.72. The van der Waals surface area contributed by atoms with Gasteiger partial charge in [0.25, 0.3) is 0 Å². The van der Waals surface area contributed by atoms with Gasteiger partial charge in [0.2, 0.25) is 0 Å². The fourth-order valence-electron chi connectivity index (χ4n) is 2.39. The van der Waals surface area contributed by atoms with Gasteiger partial charge in [-0.1, -0.05) is 0 Å². The van der Waals surface area contributed by atoms with Gasteiger partial charge in [-0.2, -0.15) is 21.6 Å². The molecule has 0 aromatic carbocycles. The lowest BCUT2D eigenvalue weighted by Gasteiger charge is -2.41. The van der Waals surface area contributed by atoms with Crippen molar-refractivity contribution in [2.75, 3.05) is 27.3 Å². The van der Waals surface area contributed by atoms with Crippen molar-refractivity contribution >= 4 is 22.5 Å². The van der Waals surface area contributed by atoms with Crippen LogP contribution in [-0.2, 0) is 28.6 Å². The van der Waals surface area contributed by atoms with Crippen molar-refractivity contribution in [1.29, 1.82) is 0 Å². The van der Waals surface area contributed by atoms with E-state index >= 15 is 0 Å². The maximum atomic E-state index is 12.4. The molecule has 0 N–H and O–H groups in total. The summed E-state index contributed by atoms with van der Waals surface area (Å²) in [4.78, 5) is 24.8. The Bertz CT molecular complexity index is 621. The summed E-state index contributed by atoms with van der Waals surface area (Å²) in [5, 5.41) is 0. The number of likely N-dealkylation sites (tertiary alicyclic amines) is 1. The number of ether oxygens (including phenoxy) is 2. The molecule has 0 aliphatic carbocycles. The highest BCUT2D eigenvalue weighted by Crippen LogP contribution is 2.38. The number of hydrogen-bond donors (Lipinski definition) is 0. The number of hydrogen-bond acceptors (Lipinski definition) is 7. The molecule has 0 spiro atoms. The Kier molecular flexibility index (Phi) is 9.39. The fraction of sp³-hybridized carbons (Fsp3) is 0.875. The highest BCUT2D eigenvalue weighted by atomic mass is 32.2. The van der Waals surface area contributed by atoms with Gasteiger partial charge < -0.3 is 19.2 Å². The van der Waals surface area contributed by atoms with Gasteiger partial charge in [0.15, 0.2) is 0 Å². The van der Waals surface area contributed by atoms with Crippen LogP contribution in [0.5, 0.6) is 0 Å². The predicted molar refractivity (Wildman–Crippen MR) is 94.0 cm³/mol. The third kappa shape index (κ3) is 7.55. The minimum absolute atomic E-state index is 0.0351. The second-order valence-corrected chi connectivity index (χ2v) is 8.93. The molecule has 28 heavy (non-hydrogen) atoms. The fourth-order valence-corrected chi connectivity index (χ4v) is 3.07. The van der Waals surface area contributed by atoms with Gasteiger partial charge in [-0.15, -0.1) is 0 Å². The quantitative estimate of drug-likeness (QED) is 0.380. The molecule has 1 fully saturated rings. The van der Waals surface area contributed by atoms with E-state index in [0.717, 1.165) is 6.92 Å². The van der Waals surface area contributed by atoms with E-state index in [1.54, 1.807) is 35.0 Å². The van der Waals surface area contributed by atoms with E-state index in [-0.39, 0.29) is 25.9 Å². The number of methoxy groups -OCH3 is 1. The van der Waals surface area contributed by atoms with Crippen molar-refractivity contribution in [1.82, 2.24) is 4.90 Å². The molecule has 0 aromatic rings. The van der Waals surface area contributed by atoms with Crippen LogP contribution in [0, 0.1) is 5.41 Å². The summed E-state index contributed by atoms with van der Waals surface area (Å²) in [5.74, 6) is 0. The number of piperidine rings is 1. The number of carbonyl (C=O) groups excluding carboxylic acids is 2. The second-order valence-electron chi connectivity index (χ2n) is 7.36. The SMILES string of the molecule is CC(OS(=O)(=O)C(F)(F)F)C1(C=O)CCN(C(=O)OC(C)(C)C)CC1.COC. The molecule has 0 aromatic heterocycles. The largest absolute Gasteiger partial charge is 0.523 e. The van der Waals surface area contributed by atoms with E-state index in [1.807, 2.05) is 0 Å². The third-order valence-corrected chi connectivity index (χ3v) is 5.05. The molecule has 1 aliphatic heterocycles. The van der Waals surface area contributed by atoms with Crippen LogP contribution in [0.4, 0.5) is 18.0 Å². The van der Waals surface area contributed by atoms with Crippen LogP contribution < -0.4 is 0 Å². The first-order valence-corrected chi connectivity index (χ1v) is 9.80. The van der Waals surface area contributed by atoms with Crippen LogP contribution in [0.2, 0.25) is 0 Å². The molecule has 1 unspecified atom stereocenters. The molecule has 1 heterocycles. The summed E-state index contributed by atoms with van der Waals surface area (Å²) < 4.78 is 73.3. The van der Waals surface area contributed by atoms with Gasteiger partial charge in [0.05, 0.1) is 11.5 Å². The van der Waals surface area contributed by atoms with Crippen molar-refractivity contribution < 1.29 is 44.8 Å². The number of rotatable bonds is 4. The first kappa shape index (κ1) is 26.6. The Labute approximate surface area is 163 Å². The van der Waals surface area contributed by atoms with Crippen molar-refractivity contribution in [2.45, 2.75) is 57.7 Å². The van der Waals surface area contributed by atoms with Crippen LogP contribution >= 0.6 is 0 Å². The normalized spacial score (nSPS) is 18.5. The Hall–Kier alpha value is -1.40. The lowest BCUT2D eigenvalue weighted by molar-refractivity contribution is -0.126. The number of alkyl halides is 3. The van der Waals surface area contributed by atoms with Gasteiger partial charge in [-0.3, -0.25) is 4.18 Å². The molecule has 1 saturated heterocycles. The molecule has 0 saturated carbocycles. The molecule has 1 atom stereocenters. The van der Waals surface area contributed by atoms with Crippen molar-refractivity contribution in [3.05, 3.63) is 0 Å². The highest BCUT2D eigenvalue weighted by Gasteiger charge is 2.51. The van der Waals surface area contributed by atoms with Crippen LogP contribution in [0.1, 0.15) is 40.5 Å². The Morgan fingerprint density at radius 1 is 1.14 bits per heavy atom. The summed E-state index contributed by atoms with van der Waals surface area (Å²) in [5.41, 5.74) is -7.72. The van der Waals surface area contributed by atoms with E-state index in [4.69, 9.17) is 4.74 Å². The molecule has 1 rings (SSSR count). The monoisotopic (exact) mass is 435 g/mol. The number of nitrogens with zero attached hydrogens (tertiary/aromatic N) is 1. The van der Waals surface area contributed by atoms with Gasteiger partial charge in [-0.05, 0) is 40.5 Å². The van der Waals surface area contributed by atoms with Gasteiger partial charge in [0.1, 0.15) is 11.9 Å². The van der Waals surface area contributed by atoms with Crippen molar-refractivity contribution in [2.24, 2.45) is 5.41 Å². The minimum Gasteiger partial charge on any atom is -0.444 e. The Balaban J connectivity index is 0.00000227. The van der Waals surface area contributed by atoms with E-state index in [9.17, 15) is 31.2 Å². The molecule has 0 radical (unpaired) electrons. The molecular weight excluding hydrogens is 407 g/mol. The molecule has 12 heteroatoms. The first-order valence-electron chi connectivity index (χ1n) is 8.39. The molecule has 1 amide bonds. The highest BCUT2D eigenvalue weighted by molar-refractivity contribution is 7.87. The smallest absolute Gasteiger partial charge is 0.444 e. The van der Waals surface area contributed by atoms with E-state index in [2.05, 4.69) is 8.92 Å². The van der Waals surface area contributed by atoms with Gasteiger partial charge >= 0.3 is 21.7 Å². The Morgan fingerprint density at radius 2 is 1.57 bits per heavy atom. The number of amides is 1. The molecule has 1 aliphatic rings. The number of halogens is 3. The van der Waals surface area contributed by atoms with Gasteiger partial charge in [0, 0.05) is 27.3 Å². The lowest BCUT2D eigenvalue weighted by atomic mass is 9.76. The summed E-state index contributed by atoms with van der Waals surface area (Å²) in [6, 6.07) is 0. The maximum absolute atomic E-state index is 12.4. The molecule has 166 valence electrons. The molecular formula is C16H28F3NO7S. The van der Waals surface area contributed by atoms with Crippen LogP contribution in [0.15, 0.2) is 0 Å². The summed E-state index contributed by atoms with van der Waals surface area (Å²) in [6.07, 6.45) is -1.80. The van der Waals surface area contributed by atoms with Crippen LogP contribution in [0.25, 0.3) is 0 Å². The molecule has 0 bridgehead atoms. The van der Waals surface area contributed by atoms with Gasteiger partial charge in [-0.25, -0.2) is 4.79 Å². The van der Waals surface area contributed by atoms with Crippen molar-refractivity contribution in [3.8, 4) is 0 Å². The lowest BCUT2D eigenvalue weighted by Crippen LogP contribution is -2.50. The zero-order valence-corrected chi connectivity index (χ0v) is 17.6. The second kappa shape index (κ2) is 9.88. The third-order valence-electron chi connectivity index (χ3n) is 3.94. The summed E-state index contributed by atoms with van der Waals surface area (Å²) in [6.45, 7) is 6.22. The average molecular weight is 435 g/mol. The topological polar surface area (TPSA) is 99.2 Å². The average Bonchev–Trinajstić information content (AvgIpc) is 2.52. The van der Waals surface area contributed by atoms with E-state index in [1.165, 1.54) is 4.90 Å². The first-order chi connectivity index (χ1) is 12.5. The zero-order valence-electron chi connectivity index (χ0n) is 16.8. The van der Waals surface area contributed by atoms with E-state index in [0.29, 0.717) is 6.29 Å². The number of aldehydes is 1. The molecule has 8 nitrogen and oxygen atoms in total.